The molecule has 0 spiro atoms. The predicted molar refractivity (Wildman–Crippen MR) is 80.6 cm³/mol. The summed E-state index contributed by atoms with van der Waals surface area (Å²) in [6.07, 6.45) is 4.28. The van der Waals surface area contributed by atoms with Crippen LogP contribution >= 0.6 is 0 Å². The second-order valence-electron chi connectivity index (χ2n) is 4.94. The minimum absolute atomic E-state index is 0.0795. The normalized spacial score (nSPS) is 12.1. The number of pyridine rings is 1. The minimum Gasteiger partial charge on any atom is -0.308 e. The summed E-state index contributed by atoms with van der Waals surface area (Å²) >= 11 is 0. The number of nitrogens with one attached hydrogen (secondary N) is 1. The molecule has 7 heteroatoms. The molecule has 0 atom stereocenters. The number of hydrazine groups is 1. The molecule has 1 rings (SSSR count). The van der Waals surface area contributed by atoms with Crippen molar-refractivity contribution in [3.63, 3.8) is 0 Å². The maximum atomic E-state index is 12.6. The van der Waals surface area contributed by atoms with Gasteiger partial charge in [-0.15, -0.1) is 0 Å². The molecule has 0 aliphatic heterocycles. The highest BCUT2D eigenvalue weighted by Gasteiger charge is 2.26. The molecule has 1 aromatic heterocycles. The second kappa shape index (κ2) is 7.56. The first kappa shape index (κ1) is 16.9. The minimum atomic E-state index is -3.50. The van der Waals surface area contributed by atoms with Crippen LogP contribution in [0.1, 0.15) is 40.0 Å². The molecule has 0 bridgehead atoms. The average molecular weight is 300 g/mol. The van der Waals surface area contributed by atoms with Crippen LogP contribution < -0.4 is 11.3 Å². The van der Waals surface area contributed by atoms with Gasteiger partial charge >= 0.3 is 0 Å². The summed E-state index contributed by atoms with van der Waals surface area (Å²) in [4.78, 5) is 4.16. The highest BCUT2D eigenvalue weighted by molar-refractivity contribution is 7.89. The number of nitrogen functional groups attached to an aromatic ring is 1. The van der Waals surface area contributed by atoms with Gasteiger partial charge in [-0.2, -0.15) is 4.31 Å². The molecule has 0 fully saturated rings. The molecule has 0 saturated heterocycles. The molecular weight excluding hydrogens is 276 g/mol. The molecule has 6 nitrogen and oxygen atoms in total. The molecule has 0 unspecified atom stereocenters. The van der Waals surface area contributed by atoms with Crippen molar-refractivity contribution in [3.8, 4) is 0 Å². The number of unbranched alkanes of at least 4 members (excludes halogenated alkanes) is 2. The molecular formula is C13H24N4O2S. The van der Waals surface area contributed by atoms with Crippen LogP contribution in [0.25, 0.3) is 0 Å². The summed E-state index contributed by atoms with van der Waals surface area (Å²) in [6, 6.07) is 2.99. The fourth-order valence-electron chi connectivity index (χ4n) is 1.93. The van der Waals surface area contributed by atoms with Crippen molar-refractivity contribution in [2.24, 2.45) is 5.84 Å². The van der Waals surface area contributed by atoms with Crippen molar-refractivity contribution in [2.75, 3.05) is 12.0 Å². The first-order valence-electron chi connectivity index (χ1n) is 6.88. The van der Waals surface area contributed by atoms with Crippen molar-refractivity contribution < 1.29 is 8.42 Å². The number of nitrogens with zero attached hydrogens (tertiary/aromatic N) is 2. The van der Waals surface area contributed by atoms with Gasteiger partial charge in [0.15, 0.2) is 0 Å². The Morgan fingerprint density at radius 2 is 2.05 bits per heavy atom. The molecule has 1 heterocycles. The lowest BCUT2D eigenvalue weighted by molar-refractivity contribution is 0.345. The third-order valence-corrected chi connectivity index (χ3v) is 5.11. The Kier molecular flexibility index (Phi) is 6.38. The Hall–Kier alpha value is -1.18. The van der Waals surface area contributed by atoms with E-state index in [1.54, 1.807) is 6.07 Å². The van der Waals surface area contributed by atoms with Gasteiger partial charge in [0, 0.05) is 18.8 Å². The van der Waals surface area contributed by atoms with Gasteiger partial charge in [0.05, 0.1) is 0 Å². The van der Waals surface area contributed by atoms with Gasteiger partial charge in [0.1, 0.15) is 10.7 Å². The van der Waals surface area contributed by atoms with E-state index in [-0.39, 0.29) is 10.9 Å². The summed E-state index contributed by atoms with van der Waals surface area (Å²) in [5.74, 6) is 5.66. The van der Waals surface area contributed by atoms with Crippen molar-refractivity contribution in [2.45, 2.75) is 51.0 Å². The zero-order valence-corrected chi connectivity index (χ0v) is 13.2. The zero-order chi connectivity index (χ0) is 15.2. The van der Waals surface area contributed by atoms with E-state index in [4.69, 9.17) is 5.84 Å². The molecule has 0 amide bonds. The lowest BCUT2D eigenvalue weighted by Crippen LogP contribution is -2.37. The van der Waals surface area contributed by atoms with Gasteiger partial charge in [0.2, 0.25) is 10.0 Å². The Labute approximate surface area is 121 Å². The van der Waals surface area contributed by atoms with Crippen LogP contribution in [0.5, 0.6) is 0 Å². The molecule has 0 aliphatic rings. The quantitative estimate of drug-likeness (QED) is 0.435. The summed E-state index contributed by atoms with van der Waals surface area (Å²) < 4.78 is 26.7. The van der Waals surface area contributed by atoms with Crippen molar-refractivity contribution in [1.82, 2.24) is 9.29 Å². The standard InChI is InChI=1S/C13H24N4O2S/c1-4-5-6-9-17(11(2)3)20(18,19)12-7-8-13(16-14)15-10-12/h7-8,10-11H,4-6,9,14H2,1-3H3,(H,15,16). The fraction of sp³-hybridized carbons (Fsp3) is 0.615. The molecule has 114 valence electrons. The van der Waals surface area contributed by atoms with Crippen LogP contribution in [0.3, 0.4) is 0 Å². The first-order valence-corrected chi connectivity index (χ1v) is 8.32. The summed E-state index contributed by atoms with van der Waals surface area (Å²) in [7, 11) is -3.50. The van der Waals surface area contributed by atoms with Crippen LogP contribution in [0.15, 0.2) is 23.2 Å². The largest absolute Gasteiger partial charge is 0.308 e. The Morgan fingerprint density at radius 3 is 2.50 bits per heavy atom. The molecule has 0 saturated carbocycles. The van der Waals surface area contributed by atoms with Crippen molar-refractivity contribution in [3.05, 3.63) is 18.3 Å². The van der Waals surface area contributed by atoms with Crippen LogP contribution in [-0.2, 0) is 10.0 Å². The summed E-state index contributed by atoms with van der Waals surface area (Å²) in [5.41, 5.74) is 2.38. The van der Waals surface area contributed by atoms with Crippen LogP contribution in [-0.4, -0.2) is 30.3 Å². The molecule has 0 radical (unpaired) electrons. The van der Waals surface area contributed by atoms with E-state index in [1.165, 1.54) is 16.6 Å². The monoisotopic (exact) mass is 300 g/mol. The summed E-state index contributed by atoms with van der Waals surface area (Å²) in [6.45, 7) is 6.39. The SMILES string of the molecule is CCCCCN(C(C)C)S(=O)(=O)c1ccc(NN)nc1. The highest BCUT2D eigenvalue weighted by Crippen LogP contribution is 2.19. The fourth-order valence-corrected chi connectivity index (χ4v) is 3.55. The molecule has 1 aromatic rings. The third kappa shape index (κ3) is 4.16. The lowest BCUT2D eigenvalue weighted by atomic mass is 10.2. The Morgan fingerprint density at radius 1 is 1.35 bits per heavy atom. The maximum absolute atomic E-state index is 12.6. The number of hydrogen-bond donors (Lipinski definition) is 2. The van der Waals surface area contributed by atoms with Crippen molar-refractivity contribution >= 4 is 15.8 Å². The third-order valence-electron chi connectivity index (χ3n) is 3.05. The number of aromatic nitrogens is 1. The van der Waals surface area contributed by atoms with E-state index < -0.39 is 10.0 Å². The smallest absolute Gasteiger partial charge is 0.244 e. The Bertz CT molecular complexity index is 500. The van der Waals surface area contributed by atoms with Gasteiger partial charge < -0.3 is 5.43 Å². The van der Waals surface area contributed by atoms with E-state index in [0.29, 0.717) is 12.4 Å². The molecule has 3 N–H and O–H groups in total. The molecule has 0 aliphatic carbocycles. The maximum Gasteiger partial charge on any atom is 0.244 e. The topological polar surface area (TPSA) is 88.3 Å². The van der Waals surface area contributed by atoms with Crippen LogP contribution in [0.2, 0.25) is 0 Å². The van der Waals surface area contributed by atoms with E-state index in [9.17, 15) is 8.42 Å². The van der Waals surface area contributed by atoms with E-state index in [0.717, 1.165) is 19.3 Å². The van der Waals surface area contributed by atoms with Gasteiger partial charge in [0.25, 0.3) is 0 Å². The van der Waals surface area contributed by atoms with Gasteiger partial charge in [-0.05, 0) is 32.4 Å². The number of rotatable bonds is 8. The zero-order valence-electron chi connectivity index (χ0n) is 12.3. The van der Waals surface area contributed by atoms with E-state index in [1.807, 2.05) is 13.8 Å². The van der Waals surface area contributed by atoms with Crippen LogP contribution in [0.4, 0.5) is 5.82 Å². The first-order chi connectivity index (χ1) is 9.43. The van der Waals surface area contributed by atoms with Crippen LogP contribution in [0, 0.1) is 0 Å². The number of anilines is 1. The summed E-state index contributed by atoms with van der Waals surface area (Å²) in [5, 5.41) is 0. The van der Waals surface area contributed by atoms with E-state index in [2.05, 4.69) is 17.3 Å². The molecule has 0 aromatic carbocycles. The number of nitrogens with two attached hydrogens (primary N) is 1. The van der Waals surface area contributed by atoms with Gasteiger partial charge in [-0.1, -0.05) is 19.8 Å². The predicted octanol–water partition coefficient (Wildman–Crippen LogP) is 1.96. The highest BCUT2D eigenvalue weighted by atomic mass is 32.2. The number of hydrogen-bond acceptors (Lipinski definition) is 5. The Balaban J connectivity index is 2.96. The van der Waals surface area contributed by atoms with Gasteiger partial charge in [-0.25, -0.2) is 19.2 Å². The number of sulfonamides is 1. The van der Waals surface area contributed by atoms with E-state index >= 15 is 0 Å². The van der Waals surface area contributed by atoms with Crippen molar-refractivity contribution in [1.29, 1.82) is 0 Å². The lowest BCUT2D eigenvalue weighted by Gasteiger charge is -2.25. The molecule has 20 heavy (non-hydrogen) atoms. The van der Waals surface area contributed by atoms with Gasteiger partial charge in [-0.3, -0.25) is 0 Å². The second-order valence-corrected chi connectivity index (χ2v) is 6.83. The average Bonchev–Trinajstić information content (AvgIpc) is 2.43.